The SMILES string of the molecule is C[C@H]1CN2CCN(Cc3ccc4ccccc4c3)C[C@H]2C[C@@]1(C)c1cccc(O)c1. The molecule has 3 atom stereocenters. The van der Waals surface area contributed by atoms with Crippen molar-refractivity contribution in [3.8, 4) is 5.75 Å². The van der Waals surface area contributed by atoms with E-state index in [1.54, 1.807) is 6.07 Å². The molecule has 3 aromatic rings. The van der Waals surface area contributed by atoms with E-state index in [4.69, 9.17) is 0 Å². The van der Waals surface area contributed by atoms with Crippen LogP contribution in [0, 0.1) is 5.92 Å². The fourth-order valence-electron chi connectivity index (χ4n) is 5.64. The molecule has 3 nitrogen and oxygen atoms in total. The van der Waals surface area contributed by atoms with Gasteiger partial charge in [0.05, 0.1) is 0 Å². The molecule has 5 rings (SSSR count). The number of benzene rings is 3. The Balaban J connectivity index is 1.33. The summed E-state index contributed by atoms with van der Waals surface area (Å²) in [7, 11) is 0. The van der Waals surface area contributed by atoms with Crippen LogP contribution in [-0.4, -0.2) is 47.1 Å². The van der Waals surface area contributed by atoms with Gasteiger partial charge in [-0.3, -0.25) is 9.80 Å². The van der Waals surface area contributed by atoms with E-state index in [0.29, 0.717) is 17.7 Å². The van der Waals surface area contributed by atoms with E-state index in [0.717, 1.165) is 39.1 Å². The Hall–Kier alpha value is -2.36. The van der Waals surface area contributed by atoms with Crippen LogP contribution in [0.4, 0.5) is 0 Å². The first-order chi connectivity index (χ1) is 14.5. The minimum Gasteiger partial charge on any atom is -0.508 e. The van der Waals surface area contributed by atoms with Gasteiger partial charge in [0, 0.05) is 38.8 Å². The number of hydrogen-bond acceptors (Lipinski definition) is 3. The van der Waals surface area contributed by atoms with E-state index in [1.807, 2.05) is 12.1 Å². The maximum Gasteiger partial charge on any atom is 0.115 e. The van der Waals surface area contributed by atoms with Crippen LogP contribution in [-0.2, 0) is 12.0 Å². The molecule has 3 heteroatoms. The minimum absolute atomic E-state index is 0.103. The second-order valence-corrected chi connectivity index (χ2v) is 9.64. The first-order valence-corrected chi connectivity index (χ1v) is 11.2. The molecule has 0 saturated carbocycles. The molecule has 0 bridgehead atoms. The van der Waals surface area contributed by atoms with Gasteiger partial charge in [-0.15, -0.1) is 0 Å². The molecule has 0 spiro atoms. The molecule has 0 radical (unpaired) electrons. The molecular formula is C27H32N2O. The maximum absolute atomic E-state index is 10.0. The highest BCUT2D eigenvalue weighted by Crippen LogP contribution is 2.43. The van der Waals surface area contributed by atoms with E-state index < -0.39 is 0 Å². The standard InChI is InChI=1S/C27H32N2O/c1-20-17-29-13-12-28(18-21-10-11-22-6-3-4-7-23(22)14-21)19-25(29)16-27(20,2)24-8-5-9-26(30)15-24/h3-11,14-15,20,25,30H,12-13,16-19H2,1-2H3/t20-,25+,27+/m0/s1. The molecule has 0 aliphatic carbocycles. The number of phenolic OH excluding ortho intramolecular Hbond substituents is 1. The van der Waals surface area contributed by atoms with Crippen molar-refractivity contribution in [2.45, 2.75) is 38.3 Å². The molecule has 2 fully saturated rings. The van der Waals surface area contributed by atoms with Crippen molar-refractivity contribution < 1.29 is 5.11 Å². The van der Waals surface area contributed by atoms with E-state index in [-0.39, 0.29) is 5.41 Å². The molecule has 2 saturated heterocycles. The lowest BCUT2D eigenvalue weighted by Gasteiger charge is -2.53. The Morgan fingerprint density at radius 2 is 1.77 bits per heavy atom. The molecule has 1 N–H and O–H groups in total. The van der Waals surface area contributed by atoms with E-state index in [2.05, 4.69) is 72.2 Å². The lowest BCUT2D eigenvalue weighted by Crippen LogP contribution is -2.60. The Bertz CT molecular complexity index is 1050. The molecule has 30 heavy (non-hydrogen) atoms. The average molecular weight is 401 g/mol. The Morgan fingerprint density at radius 1 is 0.933 bits per heavy atom. The van der Waals surface area contributed by atoms with Crippen LogP contribution in [0.5, 0.6) is 5.75 Å². The van der Waals surface area contributed by atoms with Crippen molar-refractivity contribution in [2.75, 3.05) is 26.2 Å². The van der Waals surface area contributed by atoms with Gasteiger partial charge < -0.3 is 5.11 Å². The van der Waals surface area contributed by atoms with Gasteiger partial charge in [-0.2, -0.15) is 0 Å². The minimum atomic E-state index is 0.103. The second kappa shape index (κ2) is 7.72. The summed E-state index contributed by atoms with van der Waals surface area (Å²) in [5.74, 6) is 0.951. The van der Waals surface area contributed by atoms with Crippen LogP contribution in [0.2, 0.25) is 0 Å². The normalized spacial score (nSPS) is 27.8. The van der Waals surface area contributed by atoms with E-state index in [9.17, 15) is 5.11 Å². The zero-order valence-electron chi connectivity index (χ0n) is 18.1. The van der Waals surface area contributed by atoms with Gasteiger partial charge in [0.1, 0.15) is 5.75 Å². The summed E-state index contributed by atoms with van der Waals surface area (Å²) in [4.78, 5) is 5.33. The molecule has 0 unspecified atom stereocenters. The van der Waals surface area contributed by atoms with Gasteiger partial charge in [0.2, 0.25) is 0 Å². The zero-order valence-corrected chi connectivity index (χ0v) is 18.1. The van der Waals surface area contributed by atoms with Crippen LogP contribution < -0.4 is 0 Å². The summed E-state index contributed by atoms with van der Waals surface area (Å²) in [5, 5.41) is 12.7. The summed E-state index contributed by atoms with van der Waals surface area (Å²) in [6.07, 6.45) is 1.14. The van der Waals surface area contributed by atoms with Crippen LogP contribution in [0.3, 0.4) is 0 Å². The van der Waals surface area contributed by atoms with Gasteiger partial charge >= 0.3 is 0 Å². The van der Waals surface area contributed by atoms with Crippen molar-refractivity contribution in [2.24, 2.45) is 5.92 Å². The van der Waals surface area contributed by atoms with Crippen LogP contribution >= 0.6 is 0 Å². The summed E-state index contributed by atoms with van der Waals surface area (Å²) in [6, 6.07) is 24.0. The third-order valence-corrected chi connectivity index (χ3v) is 7.67. The molecular weight excluding hydrogens is 368 g/mol. The predicted molar refractivity (Wildman–Crippen MR) is 124 cm³/mol. The highest BCUT2D eigenvalue weighted by Gasteiger charge is 2.44. The third kappa shape index (κ3) is 3.61. The largest absolute Gasteiger partial charge is 0.508 e. The highest BCUT2D eigenvalue weighted by atomic mass is 16.3. The molecule has 2 aliphatic rings. The lowest BCUT2D eigenvalue weighted by atomic mass is 9.65. The van der Waals surface area contributed by atoms with Crippen LogP contribution in [0.15, 0.2) is 66.7 Å². The van der Waals surface area contributed by atoms with Gasteiger partial charge in [0.25, 0.3) is 0 Å². The molecule has 156 valence electrons. The summed E-state index contributed by atoms with van der Waals surface area (Å²) in [5.41, 5.74) is 2.79. The van der Waals surface area contributed by atoms with Gasteiger partial charge in [-0.25, -0.2) is 0 Å². The fraction of sp³-hybridized carbons (Fsp3) is 0.407. The van der Waals surface area contributed by atoms with Crippen LogP contribution in [0.25, 0.3) is 10.8 Å². The first kappa shape index (κ1) is 19.6. The molecule has 3 aromatic carbocycles. The predicted octanol–water partition coefficient (Wildman–Crippen LogP) is 5.03. The summed E-state index contributed by atoms with van der Waals surface area (Å²) in [6.45, 7) is 10.3. The average Bonchev–Trinajstić information content (AvgIpc) is 2.75. The van der Waals surface area contributed by atoms with E-state index >= 15 is 0 Å². The Kier molecular flexibility index (Phi) is 5.04. The zero-order chi connectivity index (χ0) is 20.7. The number of hydrogen-bond donors (Lipinski definition) is 1. The number of rotatable bonds is 3. The highest BCUT2D eigenvalue weighted by molar-refractivity contribution is 5.82. The summed E-state index contributed by atoms with van der Waals surface area (Å²) >= 11 is 0. The van der Waals surface area contributed by atoms with Crippen molar-refractivity contribution in [3.63, 3.8) is 0 Å². The molecule has 0 amide bonds. The topological polar surface area (TPSA) is 26.7 Å². The van der Waals surface area contributed by atoms with Crippen molar-refractivity contribution in [3.05, 3.63) is 77.9 Å². The van der Waals surface area contributed by atoms with Crippen molar-refractivity contribution in [1.82, 2.24) is 9.80 Å². The van der Waals surface area contributed by atoms with Gasteiger partial charge in [0.15, 0.2) is 0 Å². The van der Waals surface area contributed by atoms with Gasteiger partial charge in [-0.1, -0.05) is 62.4 Å². The maximum atomic E-state index is 10.0. The number of piperidine rings is 1. The lowest BCUT2D eigenvalue weighted by molar-refractivity contribution is -0.00556. The number of piperazine rings is 1. The molecule has 0 aromatic heterocycles. The Labute approximate surface area is 179 Å². The monoisotopic (exact) mass is 400 g/mol. The van der Waals surface area contributed by atoms with Crippen LogP contribution in [0.1, 0.15) is 31.4 Å². The summed E-state index contributed by atoms with van der Waals surface area (Å²) < 4.78 is 0. The van der Waals surface area contributed by atoms with Crippen molar-refractivity contribution >= 4 is 10.8 Å². The molecule has 2 aliphatic heterocycles. The Morgan fingerprint density at radius 3 is 2.60 bits per heavy atom. The second-order valence-electron chi connectivity index (χ2n) is 9.64. The fourth-order valence-corrected chi connectivity index (χ4v) is 5.64. The molecule has 2 heterocycles. The number of aromatic hydroxyl groups is 1. The van der Waals surface area contributed by atoms with Crippen molar-refractivity contribution in [1.29, 1.82) is 0 Å². The third-order valence-electron chi connectivity index (χ3n) is 7.67. The quantitative estimate of drug-likeness (QED) is 0.668. The number of fused-ring (bicyclic) bond motifs is 2. The number of nitrogens with zero attached hydrogens (tertiary/aromatic N) is 2. The van der Waals surface area contributed by atoms with Gasteiger partial charge in [-0.05, 0) is 57.9 Å². The first-order valence-electron chi connectivity index (χ1n) is 11.2. The van der Waals surface area contributed by atoms with E-state index in [1.165, 1.54) is 21.9 Å². The smallest absolute Gasteiger partial charge is 0.115 e. The number of phenols is 1.